The van der Waals surface area contributed by atoms with Crippen molar-refractivity contribution in [3.8, 4) is 11.3 Å². The summed E-state index contributed by atoms with van der Waals surface area (Å²) in [5.41, 5.74) is 3.26. The minimum Gasteiger partial charge on any atom is -0.378 e. The number of aromatic amines is 1. The summed E-state index contributed by atoms with van der Waals surface area (Å²) in [5.74, 6) is 0.377. The zero-order valence-electron chi connectivity index (χ0n) is 19.4. The van der Waals surface area contributed by atoms with Gasteiger partial charge in [0.15, 0.2) is 9.84 Å². The maximum atomic E-state index is 12.7. The van der Waals surface area contributed by atoms with Crippen LogP contribution in [0.1, 0.15) is 5.56 Å². The van der Waals surface area contributed by atoms with Crippen LogP contribution in [0.4, 0.5) is 17.2 Å². The average Bonchev–Trinajstić information content (AvgIpc) is 2.84. The third-order valence-corrected chi connectivity index (χ3v) is 7.32. The molecular weight excluding hydrogens is 466 g/mol. The van der Waals surface area contributed by atoms with E-state index in [1.165, 1.54) is 6.20 Å². The SMILES string of the molecule is Cc1c(-c2cc3cc[nH]c(=O)c3c(Nc3ccc(N4CCOCC4)cc3)n2)cncc1S(C)(=O)=O. The maximum Gasteiger partial charge on any atom is 0.259 e. The van der Waals surface area contributed by atoms with Crippen LogP contribution in [0.3, 0.4) is 0 Å². The molecule has 1 aliphatic rings. The van der Waals surface area contributed by atoms with E-state index in [0.29, 0.717) is 46.6 Å². The summed E-state index contributed by atoms with van der Waals surface area (Å²) in [6, 6.07) is 11.5. The van der Waals surface area contributed by atoms with Crippen LogP contribution in [0, 0.1) is 6.92 Å². The number of rotatable bonds is 5. The van der Waals surface area contributed by atoms with E-state index in [1.807, 2.05) is 24.3 Å². The lowest BCUT2D eigenvalue weighted by molar-refractivity contribution is 0.122. The Kier molecular flexibility index (Phi) is 6.00. The molecule has 35 heavy (non-hydrogen) atoms. The average molecular weight is 492 g/mol. The number of hydrogen-bond donors (Lipinski definition) is 2. The summed E-state index contributed by atoms with van der Waals surface area (Å²) >= 11 is 0. The van der Waals surface area contributed by atoms with Gasteiger partial charge >= 0.3 is 0 Å². The molecule has 0 radical (unpaired) electrons. The van der Waals surface area contributed by atoms with Crippen molar-refractivity contribution in [1.29, 1.82) is 0 Å². The van der Waals surface area contributed by atoms with E-state index in [-0.39, 0.29) is 10.5 Å². The van der Waals surface area contributed by atoms with Gasteiger partial charge in [-0.2, -0.15) is 0 Å². The van der Waals surface area contributed by atoms with Crippen molar-refractivity contribution in [2.45, 2.75) is 11.8 Å². The molecule has 1 fully saturated rings. The largest absolute Gasteiger partial charge is 0.378 e. The number of nitrogens with zero attached hydrogens (tertiary/aromatic N) is 3. The van der Waals surface area contributed by atoms with Gasteiger partial charge in [0, 0.05) is 54.9 Å². The number of anilines is 3. The van der Waals surface area contributed by atoms with Crippen LogP contribution < -0.4 is 15.8 Å². The molecule has 0 spiro atoms. The first kappa shape index (κ1) is 23.0. The predicted octanol–water partition coefficient (Wildman–Crippen LogP) is 3.28. The second-order valence-corrected chi connectivity index (χ2v) is 10.5. The molecule has 9 nitrogen and oxygen atoms in total. The fourth-order valence-electron chi connectivity index (χ4n) is 4.29. The molecule has 2 N–H and O–H groups in total. The quantitative estimate of drug-likeness (QED) is 0.437. The van der Waals surface area contributed by atoms with Crippen LogP contribution in [-0.2, 0) is 14.6 Å². The van der Waals surface area contributed by atoms with Gasteiger partial charge in [-0.15, -0.1) is 0 Å². The predicted molar refractivity (Wildman–Crippen MR) is 136 cm³/mol. The fourth-order valence-corrected chi connectivity index (χ4v) is 5.21. The minimum atomic E-state index is -3.46. The number of fused-ring (bicyclic) bond motifs is 1. The van der Waals surface area contributed by atoms with Gasteiger partial charge in [0.25, 0.3) is 5.56 Å². The Balaban J connectivity index is 1.58. The normalized spacial score (nSPS) is 14.3. The molecule has 180 valence electrons. The minimum absolute atomic E-state index is 0.149. The summed E-state index contributed by atoms with van der Waals surface area (Å²) < 4.78 is 29.9. The molecule has 0 saturated carbocycles. The van der Waals surface area contributed by atoms with Crippen molar-refractivity contribution in [3.63, 3.8) is 0 Å². The molecule has 3 aromatic heterocycles. The lowest BCUT2D eigenvalue weighted by Crippen LogP contribution is -2.36. The van der Waals surface area contributed by atoms with Crippen LogP contribution in [0.5, 0.6) is 0 Å². The van der Waals surface area contributed by atoms with E-state index in [1.54, 1.807) is 31.5 Å². The Hall–Kier alpha value is -3.76. The number of H-pyrrole nitrogens is 1. The van der Waals surface area contributed by atoms with Crippen LogP contribution in [0.15, 0.2) is 64.7 Å². The van der Waals surface area contributed by atoms with E-state index in [9.17, 15) is 13.2 Å². The van der Waals surface area contributed by atoms with Gasteiger partial charge in [-0.05, 0) is 54.3 Å². The summed E-state index contributed by atoms with van der Waals surface area (Å²) in [4.78, 5) is 26.7. The molecule has 4 heterocycles. The zero-order chi connectivity index (χ0) is 24.6. The number of hydrogen-bond acceptors (Lipinski definition) is 8. The number of sulfone groups is 1. The van der Waals surface area contributed by atoms with Crippen LogP contribution in [-0.4, -0.2) is 55.9 Å². The van der Waals surface area contributed by atoms with Crippen molar-refractivity contribution in [2.24, 2.45) is 0 Å². The first-order valence-corrected chi connectivity index (χ1v) is 13.1. The number of nitrogens with one attached hydrogen (secondary N) is 2. The third kappa shape index (κ3) is 4.62. The molecule has 0 atom stereocenters. The molecule has 10 heteroatoms. The number of ether oxygens (including phenoxy) is 1. The molecular formula is C25H25N5O4S. The second-order valence-electron chi connectivity index (χ2n) is 8.48. The monoisotopic (exact) mass is 491 g/mol. The van der Waals surface area contributed by atoms with Gasteiger partial charge in [-0.1, -0.05) is 0 Å². The zero-order valence-corrected chi connectivity index (χ0v) is 20.2. The van der Waals surface area contributed by atoms with Gasteiger partial charge in [0.2, 0.25) is 0 Å². The molecule has 1 aromatic carbocycles. The number of aromatic nitrogens is 3. The van der Waals surface area contributed by atoms with E-state index in [0.717, 1.165) is 30.7 Å². The summed E-state index contributed by atoms with van der Waals surface area (Å²) in [6.45, 7) is 4.84. The van der Waals surface area contributed by atoms with E-state index in [2.05, 4.69) is 20.2 Å². The highest BCUT2D eigenvalue weighted by molar-refractivity contribution is 7.90. The Morgan fingerprint density at radius 1 is 1.09 bits per heavy atom. The fraction of sp³-hybridized carbons (Fsp3) is 0.240. The third-order valence-electron chi connectivity index (χ3n) is 6.11. The van der Waals surface area contributed by atoms with Crippen molar-refractivity contribution in [3.05, 3.63) is 70.9 Å². The molecule has 0 unspecified atom stereocenters. The van der Waals surface area contributed by atoms with Crippen molar-refractivity contribution in [2.75, 3.05) is 42.8 Å². The first-order chi connectivity index (χ1) is 16.8. The summed E-state index contributed by atoms with van der Waals surface area (Å²) in [6.07, 6.45) is 5.66. The highest BCUT2D eigenvalue weighted by Gasteiger charge is 2.18. The molecule has 1 saturated heterocycles. The van der Waals surface area contributed by atoms with E-state index < -0.39 is 9.84 Å². The smallest absolute Gasteiger partial charge is 0.259 e. The van der Waals surface area contributed by atoms with Gasteiger partial charge < -0.3 is 19.9 Å². The van der Waals surface area contributed by atoms with Gasteiger partial charge in [0.1, 0.15) is 5.82 Å². The number of morpholine rings is 1. The van der Waals surface area contributed by atoms with E-state index >= 15 is 0 Å². The number of benzene rings is 1. The molecule has 1 aliphatic heterocycles. The van der Waals surface area contributed by atoms with Crippen molar-refractivity contribution < 1.29 is 13.2 Å². The molecule has 0 amide bonds. The van der Waals surface area contributed by atoms with Crippen molar-refractivity contribution >= 4 is 37.8 Å². The lowest BCUT2D eigenvalue weighted by Gasteiger charge is -2.28. The summed E-state index contributed by atoms with van der Waals surface area (Å²) in [5, 5.41) is 4.37. The van der Waals surface area contributed by atoms with Crippen molar-refractivity contribution in [1.82, 2.24) is 15.0 Å². The summed E-state index contributed by atoms with van der Waals surface area (Å²) in [7, 11) is -3.46. The molecule has 4 aromatic rings. The lowest BCUT2D eigenvalue weighted by atomic mass is 10.1. The molecule has 5 rings (SSSR count). The number of pyridine rings is 3. The second kappa shape index (κ2) is 9.12. The van der Waals surface area contributed by atoms with Gasteiger partial charge in [-0.3, -0.25) is 9.78 Å². The highest BCUT2D eigenvalue weighted by atomic mass is 32.2. The van der Waals surface area contributed by atoms with Crippen LogP contribution in [0.2, 0.25) is 0 Å². The topological polar surface area (TPSA) is 117 Å². The van der Waals surface area contributed by atoms with Gasteiger partial charge in [0.05, 0.1) is 29.2 Å². The van der Waals surface area contributed by atoms with Gasteiger partial charge in [-0.25, -0.2) is 13.4 Å². The Morgan fingerprint density at radius 3 is 2.54 bits per heavy atom. The van der Waals surface area contributed by atoms with Crippen LogP contribution >= 0.6 is 0 Å². The maximum absolute atomic E-state index is 12.7. The standard InChI is InChI=1S/C25H25N5O4S/c1-16-20(14-26-15-22(16)35(2,32)33)21-13-17-7-8-27-25(31)23(17)24(29-21)28-18-3-5-19(6-4-18)30-9-11-34-12-10-30/h3-8,13-15H,9-12H2,1-2H3,(H,27,31)(H,28,29). The first-order valence-electron chi connectivity index (χ1n) is 11.2. The Labute approximate surface area is 202 Å². The molecule has 0 bridgehead atoms. The Morgan fingerprint density at radius 2 is 1.83 bits per heavy atom. The molecule has 0 aliphatic carbocycles. The Bertz CT molecular complexity index is 1560. The van der Waals surface area contributed by atoms with E-state index in [4.69, 9.17) is 9.72 Å². The van der Waals surface area contributed by atoms with Crippen LogP contribution in [0.25, 0.3) is 22.0 Å². The highest BCUT2D eigenvalue weighted by Crippen LogP contribution is 2.31.